The van der Waals surface area contributed by atoms with Gasteiger partial charge in [-0.05, 0) is 48.4 Å². The van der Waals surface area contributed by atoms with Gasteiger partial charge >= 0.3 is 12.1 Å². The van der Waals surface area contributed by atoms with Crippen molar-refractivity contribution in [2.45, 2.75) is 33.2 Å². The summed E-state index contributed by atoms with van der Waals surface area (Å²) in [5, 5.41) is 21.5. The van der Waals surface area contributed by atoms with Crippen LogP contribution in [0.3, 0.4) is 0 Å². The van der Waals surface area contributed by atoms with Crippen LogP contribution in [0.4, 0.5) is 13.2 Å². The summed E-state index contributed by atoms with van der Waals surface area (Å²) in [5.41, 5.74) is 2.46. The molecular formula is C24H22ClF3N4O2. The monoisotopic (exact) mass is 490 g/mol. The molecule has 2 aromatic rings. The predicted octanol–water partition coefficient (Wildman–Crippen LogP) is 5.91. The van der Waals surface area contributed by atoms with Crippen molar-refractivity contribution in [3.05, 3.63) is 69.7 Å². The lowest BCUT2D eigenvalue weighted by Gasteiger charge is -2.15. The fraction of sp³-hybridized carbons (Fsp3) is 0.250. The summed E-state index contributed by atoms with van der Waals surface area (Å²) in [7, 11) is 0. The van der Waals surface area contributed by atoms with Gasteiger partial charge in [0, 0.05) is 10.6 Å². The maximum atomic E-state index is 12.9. The lowest BCUT2D eigenvalue weighted by molar-refractivity contribution is -0.153. The molecule has 2 aromatic carbocycles. The Bertz CT molecular complexity index is 1170. The summed E-state index contributed by atoms with van der Waals surface area (Å²) >= 11 is 6.19. The minimum absolute atomic E-state index is 0.0498. The number of alkyl halides is 3. The van der Waals surface area contributed by atoms with E-state index in [0.29, 0.717) is 16.7 Å². The van der Waals surface area contributed by atoms with Crippen LogP contribution in [0.15, 0.2) is 47.6 Å². The molecule has 178 valence electrons. The first-order valence-electron chi connectivity index (χ1n) is 10.1. The summed E-state index contributed by atoms with van der Waals surface area (Å²) in [4.78, 5) is 11.7. The number of hydrogen-bond donors (Lipinski definition) is 2. The first-order chi connectivity index (χ1) is 15.9. The second-order valence-electron chi connectivity index (χ2n) is 7.54. The fourth-order valence-electron chi connectivity index (χ4n) is 2.67. The number of hydrogen-bond acceptors (Lipinski definition) is 6. The Morgan fingerprint density at radius 3 is 2.47 bits per heavy atom. The van der Waals surface area contributed by atoms with E-state index in [0.717, 1.165) is 12.1 Å². The van der Waals surface area contributed by atoms with Crippen LogP contribution in [0.5, 0.6) is 0 Å². The van der Waals surface area contributed by atoms with Gasteiger partial charge in [0.1, 0.15) is 11.8 Å². The maximum Gasteiger partial charge on any atom is 0.416 e. The zero-order chi connectivity index (χ0) is 25.5. The Morgan fingerprint density at radius 1 is 1.18 bits per heavy atom. The normalized spacial score (nSPS) is 13.0. The molecule has 0 saturated heterocycles. The van der Waals surface area contributed by atoms with Gasteiger partial charge in [0.05, 0.1) is 11.5 Å². The van der Waals surface area contributed by atoms with Crippen molar-refractivity contribution in [3.8, 4) is 6.07 Å². The van der Waals surface area contributed by atoms with E-state index in [1.807, 2.05) is 0 Å². The van der Waals surface area contributed by atoms with E-state index >= 15 is 0 Å². The van der Waals surface area contributed by atoms with Gasteiger partial charge in [0.15, 0.2) is 11.9 Å². The van der Waals surface area contributed by atoms with Gasteiger partial charge in [0.25, 0.3) is 0 Å². The Balaban J connectivity index is 2.34. The Morgan fingerprint density at radius 2 is 1.85 bits per heavy atom. The highest BCUT2D eigenvalue weighted by molar-refractivity contribution is 6.52. The molecule has 0 aliphatic rings. The molecule has 0 heterocycles. The first kappa shape index (κ1) is 26.6. The van der Waals surface area contributed by atoms with Gasteiger partial charge in [-0.1, -0.05) is 49.7 Å². The van der Waals surface area contributed by atoms with Crippen LogP contribution in [0.25, 0.3) is 12.2 Å². The molecule has 34 heavy (non-hydrogen) atoms. The average Bonchev–Trinajstić information content (AvgIpc) is 2.76. The summed E-state index contributed by atoms with van der Waals surface area (Å²) in [6.45, 7) is 4.89. The van der Waals surface area contributed by atoms with Crippen LogP contribution in [-0.2, 0) is 15.7 Å². The maximum absolute atomic E-state index is 12.9. The van der Waals surface area contributed by atoms with Crippen molar-refractivity contribution in [2.24, 2.45) is 11.0 Å². The smallest absolute Gasteiger partial charge is 0.416 e. The molecule has 0 radical (unpaired) electrons. The van der Waals surface area contributed by atoms with E-state index in [1.54, 1.807) is 45.0 Å². The molecule has 0 bridgehead atoms. The van der Waals surface area contributed by atoms with Crippen LogP contribution >= 0.6 is 11.6 Å². The molecule has 6 nitrogen and oxygen atoms in total. The number of halogens is 4. The summed E-state index contributed by atoms with van der Waals surface area (Å²) < 4.78 is 44.0. The van der Waals surface area contributed by atoms with Gasteiger partial charge < -0.3 is 4.74 Å². The van der Waals surface area contributed by atoms with Crippen LogP contribution in [0, 0.1) is 22.7 Å². The molecule has 0 spiro atoms. The number of rotatable bonds is 8. The van der Waals surface area contributed by atoms with Crippen LogP contribution in [-0.4, -0.2) is 23.6 Å². The second-order valence-corrected chi connectivity index (χ2v) is 7.98. The predicted molar refractivity (Wildman–Crippen MR) is 125 cm³/mol. The highest BCUT2D eigenvalue weighted by atomic mass is 35.5. The van der Waals surface area contributed by atoms with Gasteiger partial charge in [-0.2, -0.15) is 23.5 Å². The third kappa shape index (κ3) is 7.74. The van der Waals surface area contributed by atoms with E-state index in [-0.39, 0.29) is 16.7 Å². The quantitative estimate of drug-likeness (QED) is 0.158. The van der Waals surface area contributed by atoms with Crippen molar-refractivity contribution in [3.63, 3.8) is 0 Å². The van der Waals surface area contributed by atoms with Gasteiger partial charge in [-0.25, -0.2) is 0 Å². The van der Waals surface area contributed by atoms with Crippen molar-refractivity contribution in [1.29, 1.82) is 10.7 Å². The zero-order valence-corrected chi connectivity index (χ0v) is 19.3. The number of nitrogens with zero attached hydrogens (tertiary/aromatic N) is 2. The molecule has 0 aromatic heterocycles. The second kappa shape index (κ2) is 11.5. The summed E-state index contributed by atoms with van der Waals surface area (Å²) in [5.74, 6) is -0.791. The molecule has 10 heteroatoms. The number of nitriles is 1. The number of carbonyl (C=O) groups excluding carboxylic acids is 1. The third-order valence-corrected chi connectivity index (χ3v) is 4.57. The molecule has 2 rings (SSSR count). The number of hydrazone groups is 1. The first-order valence-corrected chi connectivity index (χ1v) is 10.5. The molecule has 2 N–H and O–H groups in total. The largest absolute Gasteiger partial charge is 0.440 e. The number of carbonyl (C=O) groups is 1. The minimum atomic E-state index is -4.45. The van der Waals surface area contributed by atoms with Crippen molar-refractivity contribution in [1.82, 2.24) is 5.43 Å². The Labute approximate surface area is 200 Å². The molecule has 0 fully saturated rings. The fourth-order valence-corrected chi connectivity index (χ4v) is 2.91. The van der Waals surface area contributed by atoms with Gasteiger partial charge in [-0.15, -0.1) is 0 Å². The summed E-state index contributed by atoms with van der Waals surface area (Å²) in [6, 6.07) is 11.2. The lowest BCUT2D eigenvalue weighted by atomic mass is 10.0. The minimum Gasteiger partial charge on any atom is -0.440 e. The van der Waals surface area contributed by atoms with E-state index in [9.17, 15) is 23.2 Å². The van der Waals surface area contributed by atoms with Crippen LogP contribution in [0.2, 0.25) is 5.02 Å². The molecule has 0 aliphatic heterocycles. The molecule has 0 amide bonds. The topological polar surface area (TPSA) is 98.3 Å². The van der Waals surface area contributed by atoms with E-state index < -0.39 is 29.6 Å². The number of nitrogens with one attached hydrogen (secondary N) is 2. The number of benzene rings is 2. The molecule has 0 saturated carbocycles. The third-order valence-electron chi connectivity index (χ3n) is 4.35. The van der Waals surface area contributed by atoms with E-state index in [1.165, 1.54) is 24.3 Å². The zero-order valence-electron chi connectivity index (χ0n) is 18.6. The van der Waals surface area contributed by atoms with E-state index in [4.69, 9.17) is 21.7 Å². The standard InChI is InChI=1S/C24H22ClF3N4O2/c1-14(2)23(33)34-15(3)31-32-22(21(30)13-29)18-9-17(11-20(25)12-18)8-7-16-5-4-6-19(10-16)24(26,27)28/h4-12,14-15,30-31H,1-3H3/b8-7+,30-21?,32-22-. The lowest BCUT2D eigenvalue weighted by Crippen LogP contribution is -2.31. The van der Waals surface area contributed by atoms with Gasteiger partial charge in [-0.3, -0.25) is 15.6 Å². The Kier molecular flexibility index (Phi) is 8.98. The molecule has 1 unspecified atom stereocenters. The highest BCUT2D eigenvalue weighted by Gasteiger charge is 2.30. The molecule has 0 aliphatic carbocycles. The molecule has 1 atom stereocenters. The molecular weight excluding hydrogens is 469 g/mol. The SMILES string of the molecule is CC(N/N=C(\C(=N)C#N)c1cc(Cl)cc(/C=C/c2cccc(C(F)(F)F)c2)c1)OC(=O)C(C)C. The highest BCUT2D eigenvalue weighted by Crippen LogP contribution is 2.30. The van der Waals surface area contributed by atoms with Gasteiger partial charge in [0.2, 0.25) is 0 Å². The average molecular weight is 491 g/mol. The van der Waals surface area contributed by atoms with Crippen LogP contribution in [0.1, 0.15) is 43.0 Å². The summed E-state index contributed by atoms with van der Waals surface area (Å²) in [6.07, 6.45) is -2.23. The Hall–Kier alpha value is -3.64. The van der Waals surface area contributed by atoms with Crippen molar-refractivity contribution in [2.75, 3.05) is 0 Å². The van der Waals surface area contributed by atoms with Crippen LogP contribution < -0.4 is 5.43 Å². The van der Waals surface area contributed by atoms with Crippen molar-refractivity contribution < 1.29 is 22.7 Å². The van der Waals surface area contributed by atoms with E-state index in [2.05, 4.69) is 10.5 Å². The number of ether oxygens (including phenoxy) is 1. The van der Waals surface area contributed by atoms with Crippen molar-refractivity contribution >= 4 is 41.1 Å². The number of esters is 1.